The predicted octanol–water partition coefficient (Wildman–Crippen LogP) is 1.19. The molecule has 0 radical (unpaired) electrons. The molecule has 1 aliphatic rings. The topological polar surface area (TPSA) is 60.9 Å². The second kappa shape index (κ2) is 9.83. The summed E-state index contributed by atoms with van der Waals surface area (Å²) in [5.74, 6) is 0.612. The molecule has 1 unspecified atom stereocenters. The Morgan fingerprint density at radius 2 is 1.77 bits per heavy atom. The Hall–Kier alpha value is -1.73. The Balaban J connectivity index is 1.90. The number of amides is 2. The van der Waals surface area contributed by atoms with Crippen LogP contribution in [0.1, 0.15) is 29.8 Å². The number of carbonyl (C=O) groups excluding carboxylic acids is 2. The Morgan fingerprint density at radius 1 is 1.12 bits per heavy atom. The Morgan fingerprint density at radius 3 is 2.35 bits per heavy atom. The number of hydrogen-bond acceptors (Lipinski definition) is 4. The highest BCUT2D eigenvalue weighted by Gasteiger charge is 2.24. The quantitative estimate of drug-likeness (QED) is 0.714. The first kappa shape index (κ1) is 20.6. The first-order chi connectivity index (χ1) is 12.4. The molecule has 1 aromatic rings. The lowest BCUT2D eigenvalue weighted by atomic mass is 10.1. The van der Waals surface area contributed by atoms with Gasteiger partial charge < -0.3 is 9.80 Å². The van der Waals surface area contributed by atoms with Crippen LogP contribution in [0.4, 0.5) is 0 Å². The van der Waals surface area contributed by atoms with E-state index in [-0.39, 0.29) is 11.8 Å². The molecule has 6 nitrogen and oxygen atoms in total. The van der Waals surface area contributed by atoms with Crippen molar-refractivity contribution < 1.29 is 13.8 Å². The van der Waals surface area contributed by atoms with Gasteiger partial charge in [0.05, 0.1) is 6.54 Å². The first-order valence-electron chi connectivity index (χ1n) is 9.13. The molecule has 0 aliphatic carbocycles. The predicted molar refractivity (Wildman–Crippen MR) is 104 cm³/mol. The third-order valence-corrected chi connectivity index (χ3v) is 5.42. The molecule has 1 aromatic carbocycles. The number of benzene rings is 1. The van der Waals surface area contributed by atoms with E-state index >= 15 is 0 Å². The standard InChI is InChI=1S/C19H29N3O3S/c1-4-21(5-2)18(23)14-20-9-11-22(12-10-20)19(24)17-8-6-7-16(13-17)15-26(3)25/h6-8,13H,4-5,9-12,14-15H2,1-3H3. The number of hydrogen-bond donors (Lipinski definition) is 0. The van der Waals surface area contributed by atoms with Crippen LogP contribution < -0.4 is 0 Å². The molecule has 26 heavy (non-hydrogen) atoms. The summed E-state index contributed by atoms with van der Waals surface area (Å²) < 4.78 is 11.4. The second-order valence-corrected chi connectivity index (χ2v) is 7.99. The average molecular weight is 380 g/mol. The maximum Gasteiger partial charge on any atom is 0.253 e. The molecule has 0 bridgehead atoms. The molecule has 1 saturated heterocycles. The van der Waals surface area contributed by atoms with E-state index < -0.39 is 10.8 Å². The Labute approximate surface area is 158 Å². The summed E-state index contributed by atoms with van der Waals surface area (Å²) in [6, 6.07) is 7.38. The van der Waals surface area contributed by atoms with Crippen molar-refractivity contribution in [3.05, 3.63) is 35.4 Å². The van der Waals surface area contributed by atoms with Crippen LogP contribution in [0.3, 0.4) is 0 Å². The largest absolute Gasteiger partial charge is 0.342 e. The second-order valence-electron chi connectivity index (χ2n) is 6.55. The molecule has 7 heteroatoms. The van der Waals surface area contributed by atoms with E-state index in [9.17, 15) is 13.8 Å². The van der Waals surface area contributed by atoms with Gasteiger partial charge in [0.2, 0.25) is 5.91 Å². The van der Waals surface area contributed by atoms with E-state index in [1.165, 1.54) is 0 Å². The normalized spacial score (nSPS) is 16.3. The van der Waals surface area contributed by atoms with E-state index in [1.54, 1.807) is 12.3 Å². The fourth-order valence-corrected chi connectivity index (χ4v) is 3.84. The van der Waals surface area contributed by atoms with Crippen molar-refractivity contribution in [1.29, 1.82) is 0 Å². The molecule has 1 fully saturated rings. The van der Waals surface area contributed by atoms with Crippen LogP contribution in [-0.4, -0.2) is 82.8 Å². The van der Waals surface area contributed by atoms with Crippen molar-refractivity contribution in [2.45, 2.75) is 19.6 Å². The summed E-state index contributed by atoms with van der Waals surface area (Å²) in [5, 5.41) is 0. The summed E-state index contributed by atoms with van der Waals surface area (Å²) in [6.07, 6.45) is 1.66. The van der Waals surface area contributed by atoms with Gasteiger partial charge in [0.15, 0.2) is 0 Å². The van der Waals surface area contributed by atoms with Crippen LogP contribution >= 0.6 is 0 Å². The maximum absolute atomic E-state index is 12.7. The zero-order chi connectivity index (χ0) is 19.1. The molecule has 0 spiro atoms. The highest BCUT2D eigenvalue weighted by atomic mass is 32.2. The lowest BCUT2D eigenvalue weighted by Gasteiger charge is -2.35. The van der Waals surface area contributed by atoms with Gasteiger partial charge in [-0.05, 0) is 31.5 Å². The summed E-state index contributed by atoms with van der Waals surface area (Å²) in [5.41, 5.74) is 1.56. The number of carbonyl (C=O) groups is 2. The van der Waals surface area contributed by atoms with Gasteiger partial charge in [-0.15, -0.1) is 0 Å². The van der Waals surface area contributed by atoms with Gasteiger partial charge in [0, 0.05) is 67.6 Å². The average Bonchev–Trinajstić information content (AvgIpc) is 2.62. The van der Waals surface area contributed by atoms with Crippen LogP contribution in [0.15, 0.2) is 24.3 Å². The van der Waals surface area contributed by atoms with Gasteiger partial charge in [-0.3, -0.25) is 18.7 Å². The van der Waals surface area contributed by atoms with E-state index in [4.69, 9.17) is 0 Å². The molecule has 1 atom stereocenters. The van der Waals surface area contributed by atoms with Gasteiger partial charge in [0.25, 0.3) is 5.91 Å². The van der Waals surface area contributed by atoms with Crippen LogP contribution in [0.5, 0.6) is 0 Å². The molecule has 2 amide bonds. The van der Waals surface area contributed by atoms with E-state index in [0.29, 0.717) is 44.0 Å². The smallest absolute Gasteiger partial charge is 0.253 e. The zero-order valence-corrected chi connectivity index (χ0v) is 16.8. The van der Waals surface area contributed by atoms with Crippen LogP contribution in [-0.2, 0) is 21.3 Å². The molecule has 0 aromatic heterocycles. The van der Waals surface area contributed by atoms with E-state index in [0.717, 1.165) is 18.7 Å². The summed E-state index contributed by atoms with van der Waals surface area (Å²) >= 11 is 0. The van der Waals surface area contributed by atoms with Crippen molar-refractivity contribution >= 4 is 22.6 Å². The minimum absolute atomic E-state index is 0.00320. The Kier molecular flexibility index (Phi) is 7.78. The lowest BCUT2D eigenvalue weighted by Crippen LogP contribution is -2.51. The molecular formula is C19H29N3O3S. The summed E-state index contributed by atoms with van der Waals surface area (Å²) in [7, 11) is -0.927. The highest BCUT2D eigenvalue weighted by Crippen LogP contribution is 2.12. The zero-order valence-electron chi connectivity index (χ0n) is 15.9. The van der Waals surface area contributed by atoms with Crippen LogP contribution in [0.25, 0.3) is 0 Å². The van der Waals surface area contributed by atoms with Crippen LogP contribution in [0, 0.1) is 0 Å². The third kappa shape index (κ3) is 5.64. The first-order valence-corrected chi connectivity index (χ1v) is 10.9. The van der Waals surface area contributed by atoms with Crippen molar-refractivity contribution in [2.75, 3.05) is 52.1 Å². The number of rotatable bonds is 7. The fraction of sp³-hybridized carbons (Fsp3) is 0.579. The van der Waals surface area contributed by atoms with E-state index in [1.807, 2.05) is 41.8 Å². The fourth-order valence-electron chi connectivity index (χ4n) is 3.19. The minimum Gasteiger partial charge on any atom is -0.342 e. The van der Waals surface area contributed by atoms with Gasteiger partial charge in [-0.25, -0.2) is 0 Å². The number of likely N-dealkylation sites (N-methyl/N-ethyl adjacent to an activating group) is 1. The Bertz CT molecular complexity index is 653. The molecule has 1 heterocycles. The SMILES string of the molecule is CCN(CC)C(=O)CN1CCN(C(=O)c2cccc(CS(C)=O)c2)CC1. The molecular weight excluding hydrogens is 350 g/mol. The number of nitrogens with zero attached hydrogens (tertiary/aromatic N) is 3. The lowest BCUT2D eigenvalue weighted by molar-refractivity contribution is -0.132. The van der Waals surface area contributed by atoms with Gasteiger partial charge in [-0.1, -0.05) is 12.1 Å². The molecule has 0 N–H and O–H groups in total. The monoisotopic (exact) mass is 379 g/mol. The molecule has 2 rings (SSSR count). The van der Waals surface area contributed by atoms with Crippen LogP contribution in [0.2, 0.25) is 0 Å². The van der Waals surface area contributed by atoms with Crippen molar-refractivity contribution in [2.24, 2.45) is 0 Å². The minimum atomic E-state index is -0.927. The van der Waals surface area contributed by atoms with Crippen molar-refractivity contribution in [1.82, 2.24) is 14.7 Å². The number of piperazine rings is 1. The van der Waals surface area contributed by atoms with Gasteiger partial charge >= 0.3 is 0 Å². The van der Waals surface area contributed by atoms with Gasteiger partial charge in [-0.2, -0.15) is 0 Å². The molecule has 144 valence electrons. The third-order valence-electron chi connectivity index (χ3n) is 4.68. The van der Waals surface area contributed by atoms with Crippen molar-refractivity contribution in [3.8, 4) is 0 Å². The highest BCUT2D eigenvalue weighted by molar-refractivity contribution is 7.83. The summed E-state index contributed by atoms with van der Waals surface area (Å²) in [4.78, 5) is 30.7. The molecule has 0 saturated carbocycles. The van der Waals surface area contributed by atoms with Gasteiger partial charge in [0.1, 0.15) is 0 Å². The van der Waals surface area contributed by atoms with Crippen molar-refractivity contribution in [3.63, 3.8) is 0 Å². The van der Waals surface area contributed by atoms with E-state index in [2.05, 4.69) is 4.90 Å². The molecule has 1 aliphatic heterocycles. The maximum atomic E-state index is 12.7. The summed E-state index contributed by atoms with van der Waals surface area (Å²) in [6.45, 7) is 8.50.